The van der Waals surface area contributed by atoms with E-state index in [0.717, 1.165) is 18.9 Å². The van der Waals surface area contributed by atoms with Crippen molar-refractivity contribution in [2.75, 3.05) is 26.0 Å². The summed E-state index contributed by atoms with van der Waals surface area (Å²) in [6.07, 6.45) is 6.26. The van der Waals surface area contributed by atoms with Crippen LogP contribution in [0.1, 0.15) is 41.8 Å². The van der Waals surface area contributed by atoms with Crippen molar-refractivity contribution < 1.29 is 4.74 Å². The largest absolute Gasteiger partial charge is 0.383 e. The molecule has 112 valence electrons. The molecule has 0 spiro atoms. The molecule has 3 nitrogen and oxygen atoms in total. The average molecular weight is 313 g/mol. The normalized spacial score (nSPS) is 29.6. The van der Waals surface area contributed by atoms with Crippen LogP contribution in [0.15, 0.2) is 0 Å². The van der Waals surface area contributed by atoms with Crippen molar-refractivity contribution >= 4 is 23.1 Å². The van der Waals surface area contributed by atoms with Crippen LogP contribution in [0.25, 0.3) is 0 Å². The number of aromatic nitrogens is 1. The number of nitrogens with zero attached hydrogens (tertiary/aromatic N) is 1. The molecule has 1 aromatic rings. The molecule has 5 heteroatoms. The molecule has 1 aliphatic heterocycles. The van der Waals surface area contributed by atoms with Gasteiger partial charge in [-0.1, -0.05) is 6.92 Å². The molecule has 20 heavy (non-hydrogen) atoms. The van der Waals surface area contributed by atoms with Crippen LogP contribution in [0.2, 0.25) is 0 Å². The highest BCUT2D eigenvalue weighted by Crippen LogP contribution is 2.44. The number of thioether (sulfide) groups is 1. The number of hydrogen-bond donors (Lipinski definition) is 1. The summed E-state index contributed by atoms with van der Waals surface area (Å²) in [5.74, 6) is 1.14. The first kappa shape index (κ1) is 14.8. The van der Waals surface area contributed by atoms with Crippen LogP contribution in [0, 0.1) is 0 Å². The lowest BCUT2D eigenvalue weighted by molar-refractivity contribution is 0.186. The van der Waals surface area contributed by atoms with E-state index in [1.165, 1.54) is 42.8 Å². The highest BCUT2D eigenvalue weighted by Gasteiger charge is 2.42. The molecule has 1 aliphatic carbocycles. The Hall–Kier alpha value is -0.100. The van der Waals surface area contributed by atoms with Gasteiger partial charge in [0, 0.05) is 29.5 Å². The number of hydrogen-bond acceptors (Lipinski definition) is 5. The van der Waals surface area contributed by atoms with Crippen molar-refractivity contribution in [3.8, 4) is 0 Å². The number of thiazole rings is 1. The quantitative estimate of drug-likeness (QED) is 0.848. The van der Waals surface area contributed by atoms with Gasteiger partial charge >= 0.3 is 0 Å². The zero-order chi connectivity index (χ0) is 14.0. The summed E-state index contributed by atoms with van der Waals surface area (Å²) in [6.45, 7) is 4.01. The van der Waals surface area contributed by atoms with Gasteiger partial charge in [-0.25, -0.2) is 4.98 Å². The van der Waals surface area contributed by atoms with E-state index < -0.39 is 0 Å². The van der Waals surface area contributed by atoms with Gasteiger partial charge in [0.2, 0.25) is 0 Å². The number of rotatable bonds is 5. The molecule has 2 atom stereocenters. The lowest BCUT2D eigenvalue weighted by Gasteiger charge is -2.28. The molecular formula is C15H24N2OS2. The Balaban J connectivity index is 1.83. The van der Waals surface area contributed by atoms with Gasteiger partial charge in [-0.3, -0.25) is 0 Å². The molecule has 2 heterocycles. The summed E-state index contributed by atoms with van der Waals surface area (Å²) in [6, 6.07) is 0. The van der Waals surface area contributed by atoms with E-state index in [1.54, 1.807) is 12.0 Å². The second-order valence-corrected chi connectivity index (χ2v) is 8.43. The first-order chi connectivity index (χ1) is 9.73. The zero-order valence-electron chi connectivity index (χ0n) is 12.4. The van der Waals surface area contributed by atoms with Crippen molar-refractivity contribution in [3.63, 3.8) is 0 Å². The highest BCUT2D eigenvalue weighted by atomic mass is 32.2. The van der Waals surface area contributed by atoms with E-state index in [2.05, 4.69) is 24.0 Å². The Morgan fingerprint density at radius 1 is 1.40 bits per heavy atom. The maximum absolute atomic E-state index is 5.20. The molecule has 2 aliphatic rings. The predicted octanol–water partition coefficient (Wildman–Crippen LogP) is 2.98. The van der Waals surface area contributed by atoms with E-state index >= 15 is 0 Å². The first-order valence-corrected chi connectivity index (χ1v) is 9.45. The molecule has 0 aromatic carbocycles. The van der Waals surface area contributed by atoms with E-state index in [0.29, 0.717) is 5.25 Å². The van der Waals surface area contributed by atoms with Gasteiger partial charge in [0.25, 0.3) is 0 Å². The van der Waals surface area contributed by atoms with Gasteiger partial charge in [-0.05, 0) is 32.1 Å². The second kappa shape index (κ2) is 6.34. The van der Waals surface area contributed by atoms with Gasteiger partial charge in [-0.15, -0.1) is 11.3 Å². The molecule has 0 bridgehead atoms. The fourth-order valence-corrected chi connectivity index (χ4v) is 5.93. The van der Waals surface area contributed by atoms with Crippen LogP contribution >= 0.6 is 23.1 Å². The molecule has 0 saturated carbocycles. The van der Waals surface area contributed by atoms with E-state index in [1.807, 2.05) is 11.3 Å². The minimum Gasteiger partial charge on any atom is -0.383 e. The van der Waals surface area contributed by atoms with Gasteiger partial charge in [-0.2, -0.15) is 11.8 Å². The van der Waals surface area contributed by atoms with E-state index in [-0.39, 0.29) is 5.54 Å². The van der Waals surface area contributed by atoms with Gasteiger partial charge in [0.1, 0.15) is 5.01 Å². The predicted molar refractivity (Wildman–Crippen MR) is 86.8 cm³/mol. The van der Waals surface area contributed by atoms with Crippen LogP contribution < -0.4 is 5.32 Å². The summed E-state index contributed by atoms with van der Waals surface area (Å²) in [4.78, 5) is 6.57. The van der Waals surface area contributed by atoms with Crippen molar-refractivity contribution in [2.45, 2.75) is 49.8 Å². The highest BCUT2D eigenvalue weighted by molar-refractivity contribution is 8.00. The number of aryl methyl sites for hydroxylation is 2. The molecule has 0 amide bonds. The lowest BCUT2D eigenvalue weighted by Crippen LogP contribution is -2.44. The average Bonchev–Trinajstić information content (AvgIpc) is 3.04. The maximum atomic E-state index is 5.20. The van der Waals surface area contributed by atoms with Gasteiger partial charge in [0.05, 0.1) is 17.8 Å². The molecule has 1 fully saturated rings. The fourth-order valence-electron chi connectivity index (χ4n) is 3.19. The summed E-state index contributed by atoms with van der Waals surface area (Å²) in [5, 5.41) is 5.80. The molecule has 3 rings (SSSR count). The maximum Gasteiger partial charge on any atom is 0.114 e. The van der Waals surface area contributed by atoms with Crippen LogP contribution in [0.5, 0.6) is 0 Å². The van der Waals surface area contributed by atoms with E-state index in [9.17, 15) is 0 Å². The Bertz CT molecular complexity index is 439. The minimum atomic E-state index is 0.0879. The van der Waals surface area contributed by atoms with Crippen LogP contribution in [0.3, 0.4) is 0 Å². The van der Waals surface area contributed by atoms with E-state index in [4.69, 9.17) is 9.72 Å². The Morgan fingerprint density at radius 2 is 2.25 bits per heavy atom. The van der Waals surface area contributed by atoms with Gasteiger partial charge in [0.15, 0.2) is 0 Å². The number of ether oxygens (including phenoxy) is 1. The Kier molecular flexibility index (Phi) is 4.70. The monoisotopic (exact) mass is 312 g/mol. The van der Waals surface area contributed by atoms with Crippen molar-refractivity contribution in [1.82, 2.24) is 10.3 Å². The third kappa shape index (κ3) is 2.91. The van der Waals surface area contributed by atoms with Crippen molar-refractivity contribution in [3.05, 3.63) is 15.6 Å². The smallest absolute Gasteiger partial charge is 0.114 e. The Labute approximate surface area is 129 Å². The number of nitrogens with one attached hydrogen (secondary N) is 1. The molecule has 1 aromatic heterocycles. The molecule has 1 saturated heterocycles. The summed E-state index contributed by atoms with van der Waals surface area (Å²) in [7, 11) is 1.77. The topological polar surface area (TPSA) is 34.1 Å². The van der Waals surface area contributed by atoms with Crippen molar-refractivity contribution in [2.24, 2.45) is 0 Å². The standard InChI is InChI=1S/C15H24N2OS2/c1-11-9-15(10-19-11,16-7-8-18-2)14-17-12-5-3-4-6-13(12)20-14/h11,16H,3-10H2,1-2H3. The van der Waals surface area contributed by atoms with Crippen molar-refractivity contribution in [1.29, 1.82) is 0 Å². The molecule has 2 unspecified atom stereocenters. The lowest BCUT2D eigenvalue weighted by atomic mass is 9.96. The van der Waals surface area contributed by atoms with Gasteiger partial charge < -0.3 is 10.1 Å². The third-order valence-electron chi connectivity index (χ3n) is 4.27. The van der Waals surface area contributed by atoms with Crippen LogP contribution in [-0.4, -0.2) is 36.2 Å². The second-order valence-electron chi connectivity index (χ2n) is 5.92. The fraction of sp³-hybridized carbons (Fsp3) is 0.800. The molecule has 1 N–H and O–H groups in total. The third-order valence-corrected chi connectivity index (χ3v) is 7.03. The van der Waals surface area contributed by atoms with Crippen LogP contribution in [-0.2, 0) is 23.1 Å². The summed E-state index contributed by atoms with van der Waals surface area (Å²) in [5.41, 5.74) is 1.47. The SMILES string of the molecule is COCCNC1(c2nc3c(s2)CCCC3)CSC(C)C1. The molecular weight excluding hydrogens is 288 g/mol. The van der Waals surface area contributed by atoms with Crippen LogP contribution in [0.4, 0.5) is 0 Å². The summed E-state index contributed by atoms with van der Waals surface area (Å²) < 4.78 is 5.20. The first-order valence-electron chi connectivity index (χ1n) is 7.58. The minimum absolute atomic E-state index is 0.0879. The zero-order valence-corrected chi connectivity index (χ0v) is 14.0. The Morgan fingerprint density at radius 3 is 2.95 bits per heavy atom. The molecule has 0 radical (unpaired) electrons. The summed E-state index contributed by atoms with van der Waals surface area (Å²) >= 11 is 4.03. The number of methoxy groups -OCH3 is 1. The number of fused-ring (bicyclic) bond motifs is 1.